The molecule has 0 N–H and O–H groups in total. The summed E-state index contributed by atoms with van der Waals surface area (Å²) >= 11 is 0. The van der Waals surface area contributed by atoms with E-state index >= 15 is 0 Å². The number of aromatic nitrogens is 1. The van der Waals surface area contributed by atoms with Crippen LogP contribution in [-0.2, 0) is 0 Å². The summed E-state index contributed by atoms with van der Waals surface area (Å²) in [6, 6.07) is 37.6. The number of pyridine rings is 1. The van der Waals surface area contributed by atoms with E-state index in [0.29, 0.717) is 6.04 Å². The van der Waals surface area contributed by atoms with Crippen LogP contribution in [0.1, 0.15) is 18.9 Å². The lowest BCUT2D eigenvalue weighted by molar-refractivity contribution is -0.679. The van der Waals surface area contributed by atoms with Gasteiger partial charge in [-0.15, -0.1) is 0 Å². The van der Waals surface area contributed by atoms with Gasteiger partial charge in [-0.05, 0) is 35.4 Å². The van der Waals surface area contributed by atoms with Crippen molar-refractivity contribution in [1.82, 2.24) is 0 Å². The first-order valence-electron chi connectivity index (χ1n) is 10.5. The highest BCUT2D eigenvalue weighted by molar-refractivity contribution is 6.50. The summed E-state index contributed by atoms with van der Waals surface area (Å²) in [6.45, 7) is 0. The Morgan fingerprint density at radius 1 is 0.531 bits per heavy atom. The molecule has 1 aromatic heterocycles. The first-order valence-corrected chi connectivity index (χ1v) is 10.5. The Kier molecular flexibility index (Phi) is 6.40. The first-order chi connectivity index (χ1) is 15.4. The average molecular weight is 435 g/mol. The van der Waals surface area contributed by atoms with Gasteiger partial charge in [-0.2, -0.15) is 4.57 Å². The monoisotopic (exact) mass is 435 g/mol. The van der Waals surface area contributed by atoms with E-state index in [2.05, 4.69) is 108 Å². The second kappa shape index (κ2) is 9.39. The number of nitrogens with zero attached hydrogens (tertiary/aromatic N) is 1. The quantitative estimate of drug-likeness (QED) is 0.177. The predicted molar refractivity (Wildman–Crippen MR) is 121 cm³/mol. The molecule has 3 aromatic carbocycles. The zero-order valence-electron chi connectivity index (χ0n) is 17.3. The summed E-state index contributed by atoms with van der Waals surface area (Å²) in [4.78, 5) is 0. The van der Waals surface area contributed by atoms with Gasteiger partial charge in [0.05, 0.1) is 0 Å². The molecule has 1 fully saturated rings. The lowest BCUT2D eigenvalue weighted by Gasteiger charge is -2.12. The molecule has 1 nitrogen and oxygen atoms in total. The summed E-state index contributed by atoms with van der Waals surface area (Å²) in [7, 11) is -6.00. The van der Waals surface area contributed by atoms with Crippen LogP contribution in [0, 0.1) is 0 Å². The minimum atomic E-state index is -6.00. The zero-order chi connectivity index (χ0) is 22.6. The van der Waals surface area contributed by atoms with Crippen LogP contribution >= 0.6 is 0 Å². The fraction of sp³-hybridized carbons (Fsp3) is 0.115. The van der Waals surface area contributed by atoms with Crippen LogP contribution in [0.4, 0.5) is 17.3 Å². The third-order valence-electron chi connectivity index (χ3n) is 5.26. The van der Waals surface area contributed by atoms with Crippen molar-refractivity contribution in [2.75, 3.05) is 0 Å². The number of hydrogen-bond donors (Lipinski definition) is 0. The van der Waals surface area contributed by atoms with Crippen molar-refractivity contribution in [1.29, 1.82) is 0 Å². The van der Waals surface area contributed by atoms with Crippen LogP contribution in [0.5, 0.6) is 0 Å². The Morgan fingerprint density at radius 2 is 0.875 bits per heavy atom. The molecule has 0 unspecified atom stereocenters. The van der Waals surface area contributed by atoms with E-state index in [1.807, 2.05) is 0 Å². The second-order valence-electron chi connectivity index (χ2n) is 7.71. The number of benzene rings is 3. The predicted octanol–water partition coefficient (Wildman–Crippen LogP) is 7.61. The molecule has 162 valence electrons. The molecule has 32 heavy (non-hydrogen) atoms. The van der Waals surface area contributed by atoms with E-state index in [0.717, 1.165) is 0 Å². The highest BCUT2D eigenvalue weighted by Gasteiger charge is 2.37. The zero-order valence-corrected chi connectivity index (χ0v) is 17.3. The molecule has 0 amide bonds. The molecule has 1 saturated carbocycles. The van der Waals surface area contributed by atoms with Gasteiger partial charge in [-0.25, -0.2) is 0 Å². The van der Waals surface area contributed by atoms with Crippen LogP contribution in [-0.4, -0.2) is 7.25 Å². The van der Waals surface area contributed by atoms with Gasteiger partial charge in [0, 0.05) is 36.1 Å². The van der Waals surface area contributed by atoms with E-state index in [1.54, 1.807) is 0 Å². The number of rotatable bonds is 4. The summed E-state index contributed by atoms with van der Waals surface area (Å²) in [5.74, 6) is 0. The largest absolute Gasteiger partial charge is 0.673 e. The highest BCUT2D eigenvalue weighted by atomic mass is 19.5. The molecular formula is C26H22BF4N. The molecule has 0 radical (unpaired) electrons. The summed E-state index contributed by atoms with van der Waals surface area (Å²) in [5, 5.41) is 0. The molecule has 0 spiro atoms. The Balaban J connectivity index is 0.000000444. The highest BCUT2D eigenvalue weighted by Crippen LogP contribution is 2.37. The molecular weight excluding hydrogens is 413 g/mol. The van der Waals surface area contributed by atoms with E-state index in [1.165, 1.54) is 46.5 Å². The Morgan fingerprint density at radius 3 is 1.22 bits per heavy atom. The van der Waals surface area contributed by atoms with Crippen molar-refractivity contribution in [3.63, 3.8) is 0 Å². The van der Waals surface area contributed by atoms with E-state index in [-0.39, 0.29) is 0 Å². The maximum Gasteiger partial charge on any atom is 0.673 e. The van der Waals surface area contributed by atoms with Gasteiger partial charge in [-0.1, -0.05) is 66.7 Å². The Labute approximate surface area is 185 Å². The molecule has 0 bridgehead atoms. The van der Waals surface area contributed by atoms with Crippen molar-refractivity contribution in [3.05, 3.63) is 103 Å². The van der Waals surface area contributed by atoms with E-state index < -0.39 is 7.25 Å². The molecule has 1 heterocycles. The summed E-state index contributed by atoms with van der Waals surface area (Å²) in [6.07, 6.45) is 2.52. The van der Waals surface area contributed by atoms with Gasteiger partial charge in [0.2, 0.25) is 11.4 Å². The third kappa shape index (κ3) is 5.64. The standard InChI is InChI=1S/C26H22N.BF4/c1-4-10-20(11-5-1)23-18-25(21-12-6-2-7-13-21)27(24-16-17-24)26(19-23)22-14-8-3-9-15-22;2-1(3,4)5/h1-15,18-19,24H,16-17H2;/q+1;-1. The maximum absolute atomic E-state index is 9.75. The lowest BCUT2D eigenvalue weighted by Crippen LogP contribution is -2.37. The lowest BCUT2D eigenvalue weighted by atomic mass is 9.99. The van der Waals surface area contributed by atoms with Crippen molar-refractivity contribution < 1.29 is 21.8 Å². The fourth-order valence-corrected chi connectivity index (χ4v) is 3.79. The molecule has 1 aliphatic rings. The molecule has 0 atom stereocenters. The van der Waals surface area contributed by atoms with Gasteiger partial charge >= 0.3 is 7.25 Å². The first kappa shape index (κ1) is 21.8. The van der Waals surface area contributed by atoms with Crippen LogP contribution in [0.2, 0.25) is 0 Å². The van der Waals surface area contributed by atoms with E-state index in [4.69, 9.17) is 0 Å². The summed E-state index contributed by atoms with van der Waals surface area (Å²) in [5.41, 5.74) is 7.69. The second-order valence-corrected chi connectivity index (χ2v) is 7.71. The molecule has 0 aliphatic heterocycles. The fourth-order valence-electron chi connectivity index (χ4n) is 3.79. The van der Waals surface area contributed by atoms with Crippen LogP contribution in [0.3, 0.4) is 0 Å². The van der Waals surface area contributed by atoms with Crippen LogP contribution in [0.15, 0.2) is 103 Å². The molecule has 4 aromatic rings. The van der Waals surface area contributed by atoms with Crippen LogP contribution < -0.4 is 4.57 Å². The third-order valence-corrected chi connectivity index (χ3v) is 5.26. The Bertz CT molecular complexity index is 1090. The molecule has 0 saturated heterocycles. The van der Waals surface area contributed by atoms with Crippen molar-refractivity contribution in [2.45, 2.75) is 18.9 Å². The van der Waals surface area contributed by atoms with Crippen molar-refractivity contribution >= 4 is 7.25 Å². The van der Waals surface area contributed by atoms with Crippen molar-refractivity contribution in [2.24, 2.45) is 0 Å². The van der Waals surface area contributed by atoms with Gasteiger partial charge < -0.3 is 17.3 Å². The Hall–Kier alpha value is -3.41. The maximum atomic E-state index is 9.75. The number of halogens is 4. The minimum absolute atomic E-state index is 0.597. The van der Waals surface area contributed by atoms with E-state index in [9.17, 15) is 17.3 Å². The smallest absolute Gasteiger partial charge is 0.418 e. The van der Waals surface area contributed by atoms with Crippen LogP contribution in [0.25, 0.3) is 33.6 Å². The molecule has 1 aliphatic carbocycles. The SMILES string of the molecule is F[B-](F)(F)F.c1ccc(-c2cc(-c3ccccc3)[n+](C3CC3)c(-c3ccccc3)c2)cc1. The van der Waals surface area contributed by atoms with Gasteiger partial charge in [0.1, 0.15) is 0 Å². The van der Waals surface area contributed by atoms with Gasteiger partial charge in [0.15, 0.2) is 6.04 Å². The van der Waals surface area contributed by atoms with Crippen molar-refractivity contribution in [3.8, 4) is 33.6 Å². The minimum Gasteiger partial charge on any atom is -0.418 e. The topological polar surface area (TPSA) is 3.88 Å². The summed E-state index contributed by atoms with van der Waals surface area (Å²) < 4.78 is 41.6. The van der Waals surface area contributed by atoms with Gasteiger partial charge in [-0.3, -0.25) is 0 Å². The number of hydrogen-bond acceptors (Lipinski definition) is 0. The normalized spacial score (nSPS) is 13.2. The van der Waals surface area contributed by atoms with Gasteiger partial charge in [0.25, 0.3) is 0 Å². The molecule has 6 heteroatoms. The molecule has 5 rings (SSSR count). The average Bonchev–Trinajstić information content (AvgIpc) is 3.64.